The van der Waals surface area contributed by atoms with Crippen molar-refractivity contribution >= 4 is 0 Å². The zero-order chi connectivity index (χ0) is 16.5. The number of aromatic amines is 1. The van der Waals surface area contributed by atoms with Gasteiger partial charge in [0, 0.05) is 44.9 Å². The summed E-state index contributed by atoms with van der Waals surface area (Å²) in [6.45, 7) is 2.25. The maximum absolute atomic E-state index is 12.5. The molecule has 1 aliphatic rings. The van der Waals surface area contributed by atoms with Crippen LogP contribution < -0.4 is 5.56 Å². The van der Waals surface area contributed by atoms with Crippen LogP contribution in [-0.4, -0.2) is 31.2 Å². The molecule has 3 aromatic rings. The maximum Gasteiger partial charge on any atom is 0.255 e. The summed E-state index contributed by atoms with van der Waals surface area (Å²) in [4.78, 5) is 22.4. The fourth-order valence-electron chi connectivity index (χ4n) is 3.13. The number of hydrogen-bond donors (Lipinski definition) is 1. The van der Waals surface area contributed by atoms with E-state index >= 15 is 0 Å². The van der Waals surface area contributed by atoms with Gasteiger partial charge in [-0.25, -0.2) is 4.98 Å². The van der Waals surface area contributed by atoms with E-state index in [2.05, 4.69) is 20.0 Å². The molecule has 0 atom stereocenters. The Hall–Kier alpha value is -2.73. The molecule has 2 aromatic heterocycles. The second-order valence-electron chi connectivity index (χ2n) is 6.15. The molecule has 1 aliphatic heterocycles. The van der Waals surface area contributed by atoms with Crippen LogP contribution in [0.2, 0.25) is 0 Å². The van der Waals surface area contributed by atoms with Gasteiger partial charge in [-0.1, -0.05) is 30.3 Å². The second-order valence-corrected chi connectivity index (χ2v) is 6.15. The van der Waals surface area contributed by atoms with Crippen LogP contribution in [0.15, 0.2) is 47.4 Å². The number of rotatable bonds is 3. The van der Waals surface area contributed by atoms with Gasteiger partial charge < -0.3 is 4.98 Å². The quantitative estimate of drug-likeness (QED) is 0.798. The lowest BCUT2D eigenvalue weighted by molar-refractivity contribution is 0.238. The van der Waals surface area contributed by atoms with Crippen LogP contribution in [0, 0.1) is 0 Å². The Labute approximate surface area is 139 Å². The molecule has 6 nitrogen and oxygen atoms in total. The van der Waals surface area contributed by atoms with Crippen LogP contribution in [0.1, 0.15) is 17.0 Å². The Morgan fingerprint density at radius 1 is 1.21 bits per heavy atom. The molecular weight excluding hydrogens is 302 g/mol. The molecule has 0 aliphatic carbocycles. The van der Waals surface area contributed by atoms with Crippen molar-refractivity contribution in [2.24, 2.45) is 7.05 Å². The van der Waals surface area contributed by atoms with Crippen molar-refractivity contribution in [3.05, 3.63) is 69.9 Å². The maximum atomic E-state index is 12.5. The van der Waals surface area contributed by atoms with Gasteiger partial charge in [0.15, 0.2) is 0 Å². The molecule has 0 spiro atoms. The van der Waals surface area contributed by atoms with E-state index in [1.807, 2.05) is 49.6 Å². The number of nitrogens with zero attached hydrogens (tertiary/aromatic N) is 4. The Balaban J connectivity index is 1.59. The van der Waals surface area contributed by atoms with Crippen LogP contribution in [-0.2, 0) is 26.6 Å². The Kier molecular flexibility index (Phi) is 3.74. The normalized spacial score (nSPS) is 14.5. The zero-order valence-electron chi connectivity index (χ0n) is 13.6. The summed E-state index contributed by atoms with van der Waals surface area (Å²) < 4.78 is 1.80. The highest BCUT2D eigenvalue weighted by atomic mass is 16.1. The largest absolute Gasteiger partial charge is 0.306 e. The van der Waals surface area contributed by atoms with Gasteiger partial charge in [0.1, 0.15) is 5.82 Å². The lowest BCUT2D eigenvalue weighted by Crippen LogP contribution is -2.35. The first-order valence-corrected chi connectivity index (χ1v) is 8.07. The fraction of sp³-hybridized carbons (Fsp3) is 0.278. The summed E-state index contributed by atoms with van der Waals surface area (Å²) in [6.07, 6.45) is 2.72. The summed E-state index contributed by atoms with van der Waals surface area (Å²) in [6, 6.07) is 11.8. The lowest BCUT2D eigenvalue weighted by Gasteiger charge is -2.27. The third-order valence-electron chi connectivity index (χ3n) is 4.35. The number of H-pyrrole nitrogens is 1. The number of hydrogen-bond acceptors (Lipinski definition) is 4. The highest BCUT2D eigenvalue weighted by Gasteiger charge is 2.22. The molecule has 122 valence electrons. The minimum atomic E-state index is -0.0374. The summed E-state index contributed by atoms with van der Waals surface area (Å²) in [5, 5.41) is 4.41. The SMILES string of the molecule is Cn1ccc(CN2CCc3nc(-c4ccccc4)[nH]c(=O)c3C2)n1. The molecular formula is C18H19N5O. The molecule has 0 radical (unpaired) electrons. The monoisotopic (exact) mass is 321 g/mol. The molecule has 0 unspecified atom stereocenters. The van der Waals surface area contributed by atoms with Crippen LogP contribution in [0.3, 0.4) is 0 Å². The third kappa shape index (κ3) is 2.88. The predicted molar refractivity (Wildman–Crippen MR) is 91.3 cm³/mol. The van der Waals surface area contributed by atoms with Gasteiger partial charge in [0.05, 0.1) is 17.0 Å². The number of fused-ring (bicyclic) bond motifs is 1. The third-order valence-corrected chi connectivity index (χ3v) is 4.35. The molecule has 0 bridgehead atoms. The van der Waals surface area contributed by atoms with Gasteiger partial charge in [-0.3, -0.25) is 14.4 Å². The molecule has 24 heavy (non-hydrogen) atoms. The van der Waals surface area contributed by atoms with E-state index in [0.29, 0.717) is 12.4 Å². The second kappa shape index (κ2) is 6.05. The molecule has 0 fully saturated rings. The van der Waals surface area contributed by atoms with Crippen LogP contribution in [0.4, 0.5) is 0 Å². The first-order chi connectivity index (χ1) is 11.7. The summed E-state index contributed by atoms with van der Waals surface area (Å²) in [5.74, 6) is 0.650. The van der Waals surface area contributed by atoms with Crippen molar-refractivity contribution in [3.8, 4) is 11.4 Å². The lowest BCUT2D eigenvalue weighted by atomic mass is 10.1. The Bertz CT molecular complexity index is 913. The fourth-order valence-corrected chi connectivity index (χ4v) is 3.13. The first-order valence-electron chi connectivity index (χ1n) is 8.07. The van der Waals surface area contributed by atoms with Crippen molar-refractivity contribution in [1.29, 1.82) is 0 Å². The summed E-state index contributed by atoms with van der Waals surface area (Å²) >= 11 is 0. The van der Waals surface area contributed by atoms with Crippen molar-refractivity contribution in [3.63, 3.8) is 0 Å². The topological polar surface area (TPSA) is 66.8 Å². The summed E-state index contributed by atoms with van der Waals surface area (Å²) in [5.41, 5.74) is 3.61. The van der Waals surface area contributed by atoms with Gasteiger partial charge in [-0.15, -0.1) is 0 Å². The van der Waals surface area contributed by atoms with Crippen molar-refractivity contribution in [1.82, 2.24) is 24.6 Å². The smallest absolute Gasteiger partial charge is 0.255 e. The zero-order valence-corrected chi connectivity index (χ0v) is 13.6. The average Bonchev–Trinajstić information content (AvgIpc) is 3.01. The molecule has 0 saturated heterocycles. The van der Waals surface area contributed by atoms with Gasteiger partial charge in [0.25, 0.3) is 5.56 Å². The van der Waals surface area contributed by atoms with Crippen LogP contribution >= 0.6 is 0 Å². The molecule has 4 rings (SSSR count). The van der Waals surface area contributed by atoms with Crippen molar-refractivity contribution in [2.75, 3.05) is 6.54 Å². The Morgan fingerprint density at radius 3 is 2.79 bits per heavy atom. The van der Waals surface area contributed by atoms with E-state index in [9.17, 15) is 4.79 Å². The molecule has 1 N–H and O–H groups in total. The van der Waals surface area contributed by atoms with E-state index in [-0.39, 0.29) is 5.56 Å². The standard InChI is InChI=1S/C18H19N5O/c1-22-9-7-14(21-22)11-23-10-8-16-15(12-23)18(24)20-17(19-16)13-5-3-2-4-6-13/h2-7,9H,8,10-12H2,1H3,(H,19,20,24). The minimum Gasteiger partial charge on any atom is -0.306 e. The van der Waals surface area contributed by atoms with E-state index < -0.39 is 0 Å². The van der Waals surface area contributed by atoms with Gasteiger partial charge >= 0.3 is 0 Å². The van der Waals surface area contributed by atoms with Gasteiger partial charge in [0.2, 0.25) is 0 Å². The predicted octanol–water partition coefficient (Wildman–Crippen LogP) is 1.73. The highest BCUT2D eigenvalue weighted by molar-refractivity contribution is 5.54. The van der Waals surface area contributed by atoms with Gasteiger partial charge in [-0.2, -0.15) is 5.10 Å². The molecule has 1 aromatic carbocycles. The molecule has 0 amide bonds. The number of benzene rings is 1. The number of aromatic nitrogens is 4. The molecule has 6 heteroatoms. The van der Waals surface area contributed by atoms with Gasteiger partial charge in [-0.05, 0) is 6.07 Å². The van der Waals surface area contributed by atoms with E-state index in [1.54, 1.807) is 4.68 Å². The number of aryl methyl sites for hydroxylation is 1. The highest BCUT2D eigenvalue weighted by Crippen LogP contribution is 2.19. The van der Waals surface area contributed by atoms with E-state index in [4.69, 9.17) is 0 Å². The first kappa shape index (κ1) is 14.8. The summed E-state index contributed by atoms with van der Waals surface area (Å²) in [7, 11) is 1.91. The number of nitrogens with one attached hydrogen (secondary N) is 1. The Morgan fingerprint density at radius 2 is 2.04 bits per heavy atom. The van der Waals surface area contributed by atoms with E-state index in [1.165, 1.54) is 0 Å². The van der Waals surface area contributed by atoms with Crippen LogP contribution in [0.5, 0.6) is 0 Å². The average molecular weight is 321 g/mol. The van der Waals surface area contributed by atoms with Crippen LogP contribution in [0.25, 0.3) is 11.4 Å². The molecule has 3 heterocycles. The van der Waals surface area contributed by atoms with Crippen molar-refractivity contribution in [2.45, 2.75) is 19.5 Å². The molecule has 0 saturated carbocycles. The minimum absolute atomic E-state index is 0.0374. The van der Waals surface area contributed by atoms with Crippen molar-refractivity contribution < 1.29 is 0 Å². The van der Waals surface area contributed by atoms with E-state index in [0.717, 1.165) is 42.0 Å².